The molecule has 9 heteroatoms. The Kier molecular flexibility index (Phi) is 4.87. The van der Waals surface area contributed by atoms with Crippen molar-refractivity contribution in [3.8, 4) is 11.1 Å². The Morgan fingerprint density at radius 1 is 1.00 bits per heavy atom. The molecule has 0 unspecified atom stereocenters. The average Bonchev–Trinajstić information content (AvgIpc) is 3.36. The van der Waals surface area contributed by atoms with Crippen molar-refractivity contribution in [1.29, 1.82) is 0 Å². The highest BCUT2D eigenvalue weighted by atomic mass is 16.5. The van der Waals surface area contributed by atoms with Crippen LogP contribution in [0.3, 0.4) is 0 Å². The number of carbonyl (C=O) groups excluding carboxylic acids is 1. The van der Waals surface area contributed by atoms with E-state index < -0.39 is 6.03 Å². The first-order valence-corrected chi connectivity index (χ1v) is 9.47. The molecule has 9 nitrogen and oxygen atoms in total. The molecular weight excluding hydrogens is 370 g/mol. The molecule has 0 saturated heterocycles. The van der Waals surface area contributed by atoms with Crippen molar-refractivity contribution in [2.75, 3.05) is 16.0 Å². The van der Waals surface area contributed by atoms with Gasteiger partial charge in [-0.25, -0.2) is 19.7 Å². The Hall–Kier alpha value is -3.49. The Morgan fingerprint density at radius 3 is 2.28 bits per heavy atom. The van der Waals surface area contributed by atoms with Crippen LogP contribution in [0.15, 0.2) is 41.3 Å². The van der Waals surface area contributed by atoms with Gasteiger partial charge in [-0.05, 0) is 25.0 Å². The van der Waals surface area contributed by atoms with Crippen molar-refractivity contribution in [2.45, 2.75) is 45.1 Å². The maximum atomic E-state index is 12.2. The van der Waals surface area contributed by atoms with Gasteiger partial charge in [-0.2, -0.15) is 0 Å². The van der Waals surface area contributed by atoms with Gasteiger partial charge in [-0.3, -0.25) is 10.6 Å². The summed E-state index contributed by atoms with van der Waals surface area (Å²) in [7, 11) is 0. The molecule has 0 radical (unpaired) electrons. The van der Waals surface area contributed by atoms with Gasteiger partial charge < -0.3 is 9.84 Å². The van der Waals surface area contributed by atoms with Crippen molar-refractivity contribution in [3.63, 3.8) is 0 Å². The van der Waals surface area contributed by atoms with Gasteiger partial charge in [0.1, 0.15) is 11.6 Å². The molecule has 0 aromatic carbocycles. The van der Waals surface area contributed by atoms with Crippen LogP contribution in [0.2, 0.25) is 0 Å². The third-order valence-electron chi connectivity index (χ3n) is 4.39. The lowest BCUT2D eigenvalue weighted by Crippen LogP contribution is -2.20. The number of carbonyl (C=O) groups is 1. The number of hydrogen-bond donors (Lipinski definition) is 3. The average molecular weight is 393 g/mol. The Bertz CT molecular complexity index is 987. The van der Waals surface area contributed by atoms with Gasteiger partial charge >= 0.3 is 6.03 Å². The summed E-state index contributed by atoms with van der Waals surface area (Å²) in [5.41, 5.74) is 1.53. The predicted molar refractivity (Wildman–Crippen MR) is 110 cm³/mol. The molecular formula is C20H23N7O2. The predicted octanol–water partition coefficient (Wildman–Crippen LogP) is 4.04. The molecule has 2 amide bonds. The maximum absolute atomic E-state index is 12.2. The van der Waals surface area contributed by atoms with E-state index in [1.54, 1.807) is 30.7 Å². The molecule has 0 bridgehead atoms. The van der Waals surface area contributed by atoms with E-state index in [4.69, 9.17) is 4.52 Å². The molecule has 1 aliphatic carbocycles. The third-order valence-corrected chi connectivity index (χ3v) is 4.39. The number of nitrogens with one attached hydrogen (secondary N) is 3. The molecule has 1 fully saturated rings. The number of nitrogens with zero attached hydrogens (tertiary/aromatic N) is 4. The molecule has 150 valence electrons. The number of pyridine rings is 1. The second-order valence-corrected chi connectivity index (χ2v) is 8.05. The number of rotatable bonds is 5. The van der Waals surface area contributed by atoms with Gasteiger partial charge in [-0.1, -0.05) is 25.9 Å². The van der Waals surface area contributed by atoms with Crippen molar-refractivity contribution >= 4 is 23.6 Å². The Labute approximate surface area is 168 Å². The monoisotopic (exact) mass is 393 g/mol. The standard InChI is InChI=1S/C20H23N7O2/c1-20(2,3)15-8-17(27-29-15)26-19(28)25-16-7-4-12(9-21-16)13-10-22-18(23-11-13)24-14-5-6-14/h4,7-11,14H,5-6H2,1-3H3,(H,22,23,24)(H2,21,25,26,27,28). The summed E-state index contributed by atoms with van der Waals surface area (Å²) in [6.45, 7) is 6.02. The highest BCUT2D eigenvalue weighted by Crippen LogP contribution is 2.25. The van der Waals surface area contributed by atoms with Crippen molar-refractivity contribution in [2.24, 2.45) is 0 Å². The SMILES string of the molecule is CC(C)(C)c1cc(NC(=O)Nc2ccc(-c3cnc(NC4CC4)nc3)cn2)no1. The summed E-state index contributed by atoms with van der Waals surface area (Å²) in [6, 6.07) is 5.34. The first-order valence-electron chi connectivity index (χ1n) is 9.47. The van der Waals surface area contributed by atoms with Crippen molar-refractivity contribution < 1.29 is 9.32 Å². The van der Waals surface area contributed by atoms with Gasteiger partial charge in [0.05, 0.1) is 0 Å². The quantitative estimate of drug-likeness (QED) is 0.598. The fourth-order valence-corrected chi connectivity index (χ4v) is 2.55. The molecule has 0 spiro atoms. The maximum Gasteiger partial charge on any atom is 0.326 e. The van der Waals surface area contributed by atoms with Crippen molar-refractivity contribution in [1.82, 2.24) is 20.1 Å². The number of urea groups is 1. The zero-order valence-electron chi connectivity index (χ0n) is 16.6. The minimum absolute atomic E-state index is 0.184. The lowest BCUT2D eigenvalue weighted by atomic mass is 9.93. The van der Waals surface area contributed by atoms with Crippen LogP contribution in [-0.4, -0.2) is 32.2 Å². The molecule has 4 rings (SSSR count). The van der Waals surface area contributed by atoms with E-state index in [-0.39, 0.29) is 5.41 Å². The number of aromatic nitrogens is 4. The van der Waals surface area contributed by atoms with E-state index in [0.29, 0.717) is 29.4 Å². The number of anilines is 3. The molecule has 0 atom stereocenters. The fourth-order valence-electron chi connectivity index (χ4n) is 2.55. The Morgan fingerprint density at radius 2 is 1.69 bits per heavy atom. The van der Waals surface area contributed by atoms with Crippen LogP contribution in [0.25, 0.3) is 11.1 Å². The van der Waals surface area contributed by atoms with Crippen LogP contribution >= 0.6 is 0 Å². The minimum Gasteiger partial charge on any atom is -0.359 e. The largest absolute Gasteiger partial charge is 0.359 e. The van der Waals surface area contributed by atoms with E-state index in [2.05, 4.69) is 36.1 Å². The summed E-state index contributed by atoms with van der Waals surface area (Å²) in [4.78, 5) is 25.1. The molecule has 3 aromatic heterocycles. The minimum atomic E-state index is -0.446. The first kappa shape index (κ1) is 18.9. The summed E-state index contributed by atoms with van der Waals surface area (Å²) < 4.78 is 5.25. The van der Waals surface area contributed by atoms with Gasteiger partial charge in [-0.15, -0.1) is 0 Å². The van der Waals surface area contributed by atoms with Gasteiger partial charge in [0.25, 0.3) is 0 Å². The number of amides is 2. The topological polar surface area (TPSA) is 118 Å². The summed E-state index contributed by atoms with van der Waals surface area (Å²) in [6.07, 6.45) is 7.52. The van der Waals surface area contributed by atoms with Crippen LogP contribution in [-0.2, 0) is 5.41 Å². The summed E-state index contributed by atoms with van der Waals surface area (Å²) in [5, 5.41) is 12.4. The molecule has 3 heterocycles. The van der Waals surface area contributed by atoms with Crippen LogP contribution < -0.4 is 16.0 Å². The zero-order chi connectivity index (χ0) is 20.4. The second-order valence-electron chi connectivity index (χ2n) is 8.05. The van der Waals surface area contributed by atoms with Crippen LogP contribution in [0, 0.1) is 0 Å². The van der Waals surface area contributed by atoms with Gasteiger partial charge in [0.15, 0.2) is 5.82 Å². The molecule has 0 aliphatic heterocycles. The number of hydrogen-bond acceptors (Lipinski definition) is 7. The lowest BCUT2D eigenvalue weighted by Gasteiger charge is -2.12. The Balaban J connectivity index is 1.35. The van der Waals surface area contributed by atoms with Crippen LogP contribution in [0.1, 0.15) is 39.4 Å². The molecule has 1 saturated carbocycles. The van der Waals surface area contributed by atoms with Crippen molar-refractivity contribution in [3.05, 3.63) is 42.5 Å². The van der Waals surface area contributed by atoms with E-state index in [9.17, 15) is 4.79 Å². The van der Waals surface area contributed by atoms with Gasteiger partial charge in [0, 0.05) is 47.2 Å². The molecule has 29 heavy (non-hydrogen) atoms. The summed E-state index contributed by atoms with van der Waals surface area (Å²) in [5.74, 6) is 2.09. The lowest BCUT2D eigenvalue weighted by molar-refractivity contribution is 0.261. The normalized spacial score (nSPS) is 13.8. The molecule has 1 aliphatic rings. The van der Waals surface area contributed by atoms with E-state index in [1.165, 1.54) is 12.8 Å². The molecule has 3 aromatic rings. The molecule has 3 N–H and O–H groups in total. The highest BCUT2D eigenvalue weighted by molar-refractivity contribution is 5.98. The third kappa shape index (κ3) is 4.87. The summed E-state index contributed by atoms with van der Waals surface area (Å²) >= 11 is 0. The van der Waals surface area contributed by atoms with Gasteiger partial charge in [0.2, 0.25) is 5.95 Å². The second kappa shape index (κ2) is 7.50. The highest BCUT2D eigenvalue weighted by Gasteiger charge is 2.22. The smallest absolute Gasteiger partial charge is 0.326 e. The van der Waals surface area contributed by atoms with Crippen LogP contribution in [0.4, 0.5) is 22.4 Å². The van der Waals surface area contributed by atoms with E-state index in [1.807, 2.05) is 26.8 Å². The van der Waals surface area contributed by atoms with Crippen LogP contribution in [0.5, 0.6) is 0 Å². The first-order chi connectivity index (χ1) is 13.9. The van der Waals surface area contributed by atoms with E-state index in [0.717, 1.165) is 11.1 Å². The fraction of sp³-hybridized carbons (Fsp3) is 0.350. The van der Waals surface area contributed by atoms with E-state index >= 15 is 0 Å². The zero-order valence-corrected chi connectivity index (χ0v) is 16.6.